The number of imidazole rings is 1. The van der Waals surface area contributed by atoms with Crippen LogP contribution in [0.1, 0.15) is 29.3 Å². The maximum absolute atomic E-state index is 12.8. The van der Waals surface area contributed by atoms with Crippen molar-refractivity contribution in [1.82, 2.24) is 9.55 Å². The Labute approximate surface area is 153 Å². The van der Waals surface area contributed by atoms with E-state index in [0.717, 1.165) is 33.7 Å². The summed E-state index contributed by atoms with van der Waals surface area (Å²) in [5.74, 6) is 3.82. The molecule has 4 rings (SSSR count). The molecule has 26 heavy (non-hydrogen) atoms. The lowest BCUT2D eigenvalue weighted by Crippen LogP contribution is -2.26. The van der Waals surface area contributed by atoms with E-state index >= 15 is 0 Å². The van der Waals surface area contributed by atoms with Crippen molar-refractivity contribution in [3.63, 3.8) is 0 Å². The zero-order valence-corrected chi connectivity index (χ0v) is 15.1. The molecule has 2 heterocycles. The van der Waals surface area contributed by atoms with Crippen molar-refractivity contribution in [1.29, 1.82) is 0 Å². The van der Waals surface area contributed by atoms with Crippen molar-refractivity contribution < 1.29 is 4.79 Å². The first-order chi connectivity index (χ1) is 12.6. The molecule has 1 fully saturated rings. The normalized spacial score (nSPS) is 17.0. The van der Waals surface area contributed by atoms with Gasteiger partial charge in [-0.2, -0.15) is 0 Å². The molecule has 0 saturated carbocycles. The largest absolute Gasteiger partial charge is 0.316 e. The van der Waals surface area contributed by atoms with Crippen molar-refractivity contribution in [2.75, 3.05) is 11.4 Å². The van der Waals surface area contributed by atoms with Crippen molar-refractivity contribution >= 4 is 22.6 Å². The lowest BCUT2D eigenvalue weighted by atomic mass is 10.1. The van der Waals surface area contributed by atoms with Crippen LogP contribution in [-0.2, 0) is 11.3 Å². The zero-order valence-electron chi connectivity index (χ0n) is 15.1. The number of terminal acetylenes is 1. The van der Waals surface area contributed by atoms with Gasteiger partial charge in [-0.05, 0) is 37.1 Å². The molecule has 0 aliphatic carbocycles. The Morgan fingerprint density at radius 3 is 2.62 bits per heavy atom. The van der Waals surface area contributed by atoms with Crippen LogP contribution in [-0.4, -0.2) is 22.0 Å². The first kappa shape index (κ1) is 16.4. The Hall–Kier alpha value is -3.06. The molecule has 4 nitrogen and oxygen atoms in total. The number of rotatable bonds is 3. The van der Waals surface area contributed by atoms with E-state index in [1.54, 1.807) is 0 Å². The Morgan fingerprint density at radius 2 is 1.88 bits per heavy atom. The van der Waals surface area contributed by atoms with Crippen molar-refractivity contribution in [3.8, 4) is 12.3 Å². The highest BCUT2D eigenvalue weighted by atomic mass is 16.2. The number of aromatic nitrogens is 2. The van der Waals surface area contributed by atoms with Gasteiger partial charge in [-0.15, -0.1) is 6.42 Å². The molecular weight excluding hydrogens is 322 g/mol. The second kappa shape index (κ2) is 6.34. The molecule has 1 amide bonds. The van der Waals surface area contributed by atoms with Gasteiger partial charge in [0, 0.05) is 24.6 Å². The highest BCUT2D eigenvalue weighted by Crippen LogP contribution is 2.35. The number of nitrogens with zero attached hydrogens (tertiary/aromatic N) is 3. The van der Waals surface area contributed by atoms with Crippen LogP contribution in [0.4, 0.5) is 5.69 Å². The molecule has 0 spiro atoms. The highest BCUT2D eigenvalue weighted by Gasteiger charge is 2.35. The number of hydrogen-bond donors (Lipinski definition) is 0. The lowest BCUT2D eigenvalue weighted by molar-refractivity contribution is -0.117. The molecule has 1 aliphatic rings. The second-order valence-corrected chi connectivity index (χ2v) is 6.89. The van der Waals surface area contributed by atoms with E-state index < -0.39 is 0 Å². The lowest BCUT2D eigenvalue weighted by Gasteiger charge is -2.21. The molecule has 1 aromatic heterocycles. The number of aryl methyl sites for hydroxylation is 2. The van der Waals surface area contributed by atoms with Crippen LogP contribution in [0.15, 0.2) is 42.5 Å². The standard InChI is InChI=1S/C22H21N3O/c1-4-12-24-19-11-6-5-10-18(19)23-22(24)17-13-20(26)25(14-17)21-15(2)8-7-9-16(21)3/h1,5-11,17H,12-14H2,2-3H3/t17-/m0/s1. The topological polar surface area (TPSA) is 38.1 Å². The van der Waals surface area contributed by atoms with E-state index in [1.807, 2.05) is 35.2 Å². The van der Waals surface area contributed by atoms with Gasteiger partial charge in [0.15, 0.2) is 0 Å². The third-order valence-corrected chi connectivity index (χ3v) is 5.13. The number of carbonyl (C=O) groups excluding carboxylic acids is 1. The summed E-state index contributed by atoms with van der Waals surface area (Å²) in [6.07, 6.45) is 6.05. The smallest absolute Gasteiger partial charge is 0.227 e. The van der Waals surface area contributed by atoms with Crippen LogP contribution < -0.4 is 4.90 Å². The van der Waals surface area contributed by atoms with E-state index in [4.69, 9.17) is 11.4 Å². The van der Waals surface area contributed by atoms with Crippen molar-refractivity contribution in [2.24, 2.45) is 0 Å². The monoisotopic (exact) mass is 343 g/mol. The van der Waals surface area contributed by atoms with Crippen LogP contribution >= 0.6 is 0 Å². The van der Waals surface area contributed by atoms with Crippen LogP contribution in [0.2, 0.25) is 0 Å². The van der Waals surface area contributed by atoms with E-state index in [0.29, 0.717) is 19.5 Å². The summed E-state index contributed by atoms with van der Waals surface area (Å²) in [4.78, 5) is 19.5. The molecule has 0 N–H and O–H groups in total. The Morgan fingerprint density at radius 1 is 1.15 bits per heavy atom. The molecule has 0 radical (unpaired) electrons. The number of amides is 1. The molecule has 4 heteroatoms. The average Bonchev–Trinajstić information content (AvgIpc) is 3.17. The first-order valence-corrected chi connectivity index (χ1v) is 8.85. The molecule has 0 unspecified atom stereocenters. The van der Waals surface area contributed by atoms with Crippen molar-refractivity contribution in [2.45, 2.75) is 32.7 Å². The molecule has 2 aromatic carbocycles. The summed E-state index contributed by atoms with van der Waals surface area (Å²) in [6.45, 7) is 5.20. The summed E-state index contributed by atoms with van der Waals surface area (Å²) in [6, 6.07) is 14.1. The first-order valence-electron chi connectivity index (χ1n) is 8.85. The average molecular weight is 343 g/mol. The van der Waals surface area contributed by atoms with E-state index in [2.05, 4.69) is 36.5 Å². The Bertz CT molecular complexity index is 1020. The summed E-state index contributed by atoms with van der Waals surface area (Å²) >= 11 is 0. The summed E-state index contributed by atoms with van der Waals surface area (Å²) in [5.41, 5.74) is 5.22. The third-order valence-electron chi connectivity index (χ3n) is 5.13. The minimum Gasteiger partial charge on any atom is -0.316 e. The quantitative estimate of drug-likeness (QED) is 0.678. The van der Waals surface area contributed by atoms with Gasteiger partial charge in [0.1, 0.15) is 5.82 Å². The van der Waals surface area contributed by atoms with Crippen LogP contribution in [0.5, 0.6) is 0 Å². The third kappa shape index (κ3) is 2.57. The van der Waals surface area contributed by atoms with Gasteiger partial charge in [0.05, 0.1) is 17.6 Å². The second-order valence-electron chi connectivity index (χ2n) is 6.89. The van der Waals surface area contributed by atoms with Gasteiger partial charge in [0.2, 0.25) is 5.91 Å². The van der Waals surface area contributed by atoms with E-state index in [-0.39, 0.29) is 11.8 Å². The summed E-state index contributed by atoms with van der Waals surface area (Å²) < 4.78 is 2.07. The van der Waals surface area contributed by atoms with E-state index in [1.165, 1.54) is 0 Å². The van der Waals surface area contributed by atoms with Crippen molar-refractivity contribution in [3.05, 3.63) is 59.4 Å². The highest BCUT2D eigenvalue weighted by molar-refractivity contribution is 5.98. The SMILES string of the molecule is C#CCn1c([C@H]2CC(=O)N(c3c(C)cccc3C)C2)nc2ccccc21. The van der Waals surface area contributed by atoms with Crippen LogP contribution in [0, 0.1) is 26.2 Å². The van der Waals surface area contributed by atoms with E-state index in [9.17, 15) is 4.79 Å². The molecule has 0 bridgehead atoms. The molecule has 130 valence electrons. The maximum atomic E-state index is 12.8. The fourth-order valence-electron chi connectivity index (χ4n) is 3.99. The molecule has 1 atom stereocenters. The fraction of sp³-hybridized carbons (Fsp3) is 0.273. The van der Waals surface area contributed by atoms with Gasteiger partial charge in [-0.1, -0.05) is 36.3 Å². The Kier molecular flexibility index (Phi) is 4.00. The molecule has 3 aromatic rings. The number of para-hydroxylation sites is 3. The Balaban J connectivity index is 1.75. The maximum Gasteiger partial charge on any atom is 0.227 e. The minimum atomic E-state index is 0.0438. The van der Waals surface area contributed by atoms with Gasteiger partial charge in [-0.3, -0.25) is 4.79 Å². The minimum absolute atomic E-state index is 0.0438. The number of hydrogen-bond acceptors (Lipinski definition) is 2. The van der Waals surface area contributed by atoms with Crippen LogP contribution in [0.3, 0.4) is 0 Å². The number of benzene rings is 2. The molecule has 1 saturated heterocycles. The predicted octanol–water partition coefficient (Wildman–Crippen LogP) is 3.81. The summed E-state index contributed by atoms with van der Waals surface area (Å²) in [7, 11) is 0. The fourth-order valence-corrected chi connectivity index (χ4v) is 3.99. The van der Waals surface area contributed by atoms with Gasteiger partial charge < -0.3 is 9.47 Å². The number of carbonyl (C=O) groups is 1. The number of fused-ring (bicyclic) bond motifs is 1. The van der Waals surface area contributed by atoms with Gasteiger partial charge >= 0.3 is 0 Å². The predicted molar refractivity (Wildman–Crippen MR) is 104 cm³/mol. The zero-order chi connectivity index (χ0) is 18.3. The van der Waals surface area contributed by atoms with Gasteiger partial charge in [0.25, 0.3) is 0 Å². The molecule has 1 aliphatic heterocycles. The van der Waals surface area contributed by atoms with Gasteiger partial charge in [-0.25, -0.2) is 4.98 Å². The van der Waals surface area contributed by atoms with Crippen LogP contribution in [0.25, 0.3) is 11.0 Å². The summed E-state index contributed by atoms with van der Waals surface area (Å²) in [5, 5.41) is 0. The molecular formula is C22H21N3O. The number of anilines is 1.